The van der Waals surface area contributed by atoms with E-state index in [1.54, 1.807) is 29.0 Å². The Morgan fingerprint density at radius 3 is 2.57 bits per heavy atom. The molecule has 6 nitrogen and oxygen atoms in total. The molecule has 0 aliphatic heterocycles. The van der Waals surface area contributed by atoms with Gasteiger partial charge in [0.2, 0.25) is 0 Å². The van der Waals surface area contributed by atoms with Crippen LogP contribution in [0, 0.1) is 0 Å². The molecule has 6 heteroatoms. The van der Waals surface area contributed by atoms with E-state index in [1.165, 1.54) is 6.20 Å². The summed E-state index contributed by atoms with van der Waals surface area (Å²) >= 11 is 0. The molecule has 0 saturated heterocycles. The van der Waals surface area contributed by atoms with E-state index in [2.05, 4.69) is 15.5 Å². The monoisotopic (exact) mass is 308 g/mol. The van der Waals surface area contributed by atoms with Gasteiger partial charge in [0.15, 0.2) is 0 Å². The van der Waals surface area contributed by atoms with E-state index in [0.29, 0.717) is 18.8 Å². The summed E-state index contributed by atoms with van der Waals surface area (Å²) in [7, 11) is 0. The molecule has 0 aliphatic carbocycles. The minimum absolute atomic E-state index is 0.0246. The second-order valence-electron chi connectivity index (χ2n) is 5.14. The van der Waals surface area contributed by atoms with E-state index in [4.69, 9.17) is 0 Å². The zero-order valence-electron chi connectivity index (χ0n) is 12.4. The van der Waals surface area contributed by atoms with Crippen LogP contribution in [-0.2, 0) is 13.1 Å². The number of aromatic nitrogens is 3. The molecule has 0 radical (unpaired) electrons. The third kappa shape index (κ3) is 3.74. The van der Waals surface area contributed by atoms with Crippen LogP contribution in [-0.4, -0.2) is 20.7 Å². The van der Waals surface area contributed by atoms with E-state index in [1.807, 2.05) is 30.3 Å². The van der Waals surface area contributed by atoms with Gasteiger partial charge in [-0.2, -0.15) is 5.10 Å². The van der Waals surface area contributed by atoms with Crippen LogP contribution in [0.2, 0.25) is 0 Å². The lowest BCUT2D eigenvalue weighted by Gasteiger charge is -2.07. The van der Waals surface area contributed by atoms with Crippen molar-refractivity contribution in [3.63, 3.8) is 0 Å². The third-order valence-corrected chi connectivity index (χ3v) is 3.47. The van der Waals surface area contributed by atoms with Crippen molar-refractivity contribution in [3.05, 3.63) is 88.1 Å². The van der Waals surface area contributed by atoms with Gasteiger partial charge in [-0.15, -0.1) is 0 Å². The fourth-order valence-corrected chi connectivity index (χ4v) is 2.21. The van der Waals surface area contributed by atoms with Crippen molar-refractivity contribution in [1.29, 1.82) is 0 Å². The van der Waals surface area contributed by atoms with Crippen molar-refractivity contribution in [2.24, 2.45) is 0 Å². The fraction of sp³-hybridized carbons (Fsp3) is 0.118. The second-order valence-corrected chi connectivity index (χ2v) is 5.14. The molecular weight excluding hydrogens is 292 g/mol. The first-order valence-electron chi connectivity index (χ1n) is 7.23. The highest BCUT2D eigenvalue weighted by Crippen LogP contribution is 2.06. The van der Waals surface area contributed by atoms with Crippen LogP contribution in [0.15, 0.2) is 65.7 Å². The molecule has 0 aliphatic rings. The first kappa shape index (κ1) is 14.8. The molecule has 0 saturated carbocycles. The summed E-state index contributed by atoms with van der Waals surface area (Å²) in [5, 5.41) is 9.18. The number of nitrogens with one attached hydrogen (secondary N) is 2. The lowest BCUT2D eigenvalue weighted by molar-refractivity contribution is 0.0946. The van der Waals surface area contributed by atoms with E-state index < -0.39 is 0 Å². The van der Waals surface area contributed by atoms with Gasteiger partial charge in [0, 0.05) is 25.0 Å². The molecule has 1 amide bonds. The van der Waals surface area contributed by atoms with Gasteiger partial charge in [0.05, 0.1) is 6.54 Å². The third-order valence-electron chi connectivity index (χ3n) is 3.47. The van der Waals surface area contributed by atoms with Crippen LogP contribution in [0.5, 0.6) is 0 Å². The topological polar surface area (TPSA) is 79.8 Å². The predicted molar refractivity (Wildman–Crippen MR) is 86.0 cm³/mol. The Bertz CT molecular complexity index is 836. The predicted octanol–water partition coefficient (Wildman–Crippen LogP) is 1.55. The molecule has 0 atom stereocenters. The van der Waals surface area contributed by atoms with Crippen molar-refractivity contribution in [1.82, 2.24) is 20.1 Å². The summed E-state index contributed by atoms with van der Waals surface area (Å²) in [6.45, 7) is 0.962. The maximum absolute atomic E-state index is 11.8. The fourth-order valence-electron chi connectivity index (χ4n) is 2.21. The second kappa shape index (κ2) is 6.74. The van der Waals surface area contributed by atoms with E-state index in [-0.39, 0.29) is 11.5 Å². The summed E-state index contributed by atoms with van der Waals surface area (Å²) in [4.78, 5) is 23.5. The van der Waals surface area contributed by atoms with Gasteiger partial charge in [-0.1, -0.05) is 30.3 Å². The molecule has 0 spiro atoms. The number of carbonyl (C=O) groups is 1. The molecule has 3 aromatic rings. The number of hydrogen-bond donors (Lipinski definition) is 2. The highest BCUT2D eigenvalue weighted by Gasteiger charge is 2.05. The van der Waals surface area contributed by atoms with E-state index in [9.17, 15) is 9.59 Å². The number of rotatable bonds is 5. The Hall–Kier alpha value is -3.15. The number of hydrogen-bond acceptors (Lipinski definition) is 3. The quantitative estimate of drug-likeness (QED) is 0.750. The molecule has 23 heavy (non-hydrogen) atoms. The van der Waals surface area contributed by atoms with Gasteiger partial charge in [-0.05, 0) is 23.3 Å². The van der Waals surface area contributed by atoms with Gasteiger partial charge in [0.1, 0.15) is 5.69 Å². The van der Waals surface area contributed by atoms with Crippen molar-refractivity contribution in [2.75, 3.05) is 0 Å². The van der Waals surface area contributed by atoms with Gasteiger partial charge in [-0.25, -0.2) is 0 Å². The van der Waals surface area contributed by atoms with Gasteiger partial charge in [0.25, 0.3) is 11.5 Å². The van der Waals surface area contributed by atoms with Gasteiger partial charge >= 0.3 is 0 Å². The number of benzene rings is 1. The van der Waals surface area contributed by atoms with E-state index >= 15 is 0 Å². The largest absolute Gasteiger partial charge is 0.347 e. The Kier molecular flexibility index (Phi) is 4.33. The standard InChI is InChI=1S/C17H16N4O2/c22-16-3-1-2-10-21(16)12-14-6-4-13(5-7-14)11-18-17(23)15-8-9-19-20-15/h1-10H,11-12H2,(H,18,23)(H,19,20). The molecule has 2 N–H and O–H groups in total. The molecular formula is C17H16N4O2. The van der Waals surface area contributed by atoms with Gasteiger partial charge < -0.3 is 9.88 Å². The van der Waals surface area contributed by atoms with Crippen LogP contribution in [0.4, 0.5) is 0 Å². The smallest absolute Gasteiger partial charge is 0.269 e. The summed E-state index contributed by atoms with van der Waals surface area (Å²) in [5.41, 5.74) is 2.43. The lowest BCUT2D eigenvalue weighted by Crippen LogP contribution is -2.23. The summed E-state index contributed by atoms with van der Waals surface area (Å²) in [6.07, 6.45) is 3.30. The van der Waals surface area contributed by atoms with E-state index in [0.717, 1.165) is 11.1 Å². The van der Waals surface area contributed by atoms with Gasteiger partial charge in [-0.3, -0.25) is 14.7 Å². The minimum atomic E-state index is -0.192. The minimum Gasteiger partial charge on any atom is -0.347 e. The van der Waals surface area contributed by atoms with Crippen molar-refractivity contribution in [3.8, 4) is 0 Å². The Balaban J connectivity index is 1.60. The zero-order chi connectivity index (χ0) is 16.1. The number of amides is 1. The average Bonchev–Trinajstić information content (AvgIpc) is 3.11. The molecule has 2 aromatic heterocycles. The molecule has 0 bridgehead atoms. The van der Waals surface area contributed by atoms with Crippen LogP contribution in [0.25, 0.3) is 0 Å². The number of nitrogens with zero attached hydrogens (tertiary/aromatic N) is 2. The van der Waals surface area contributed by atoms with Crippen LogP contribution < -0.4 is 10.9 Å². The van der Waals surface area contributed by atoms with Crippen LogP contribution in [0.3, 0.4) is 0 Å². The highest BCUT2D eigenvalue weighted by molar-refractivity contribution is 5.91. The molecule has 0 fully saturated rings. The van der Waals surface area contributed by atoms with Crippen molar-refractivity contribution < 1.29 is 4.79 Å². The first-order valence-corrected chi connectivity index (χ1v) is 7.23. The zero-order valence-corrected chi connectivity index (χ0v) is 12.4. The average molecular weight is 308 g/mol. The Morgan fingerprint density at radius 1 is 1.09 bits per heavy atom. The molecule has 2 heterocycles. The van der Waals surface area contributed by atoms with Crippen LogP contribution in [0.1, 0.15) is 21.6 Å². The van der Waals surface area contributed by atoms with Crippen LogP contribution >= 0.6 is 0 Å². The molecule has 3 rings (SSSR count). The molecule has 116 valence electrons. The SMILES string of the molecule is O=C(NCc1ccc(Cn2ccccc2=O)cc1)c1ccn[nH]1. The normalized spacial score (nSPS) is 10.4. The summed E-state index contributed by atoms with van der Waals surface area (Å²) in [5.74, 6) is -0.192. The number of pyridine rings is 1. The summed E-state index contributed by atoms with van der Waals surface area (Å²) < 4.78 is 1.65. The van der Waals surface area contributed by atoms with Crippen molar-refractivity contribution in [2.45, 2.75) is 13.1 Å². The summed E-state index contributed by atoms with van der Waals surface area (Å²) in [6, 6.07) is 14.5. The number of aromatic amines is 1. The highest BCUT2D eigenvalue weighted by atomic mass is 16.2. The molecule has 0 unspecified atom stereocenters. The van der Waals surface area contributed by atoms with Crippen molar-refractivity contribution >= 4 is 5.91 Å². The lowest BCUT2D eigenvalue weighted by atomic mass is 10.1. The molecule has 1 aromatic carbocycles. The Labute approximate surface area is 132 Å². The first-order chi connectivity index (χ1) is 11.2. The number of carbonyl (C=O) groups excluding carboxylic acids is 1. The maximum Gasteiger partial charge on any atom is 0.269 e. The number of H-pyrrole nitrogens is 1. The Morgan fingerprint density at radius 2 is 1.87 bits per heavy atom. The maximum atomic E-state index is 11.8.